The molecule has 0 fully saturated rings. The molecule has 4 rings (SSSR count). The first-order valence-corrected chi connectivity index (χ1v) is 23.4. The molecule has 2 heterocycles. The number of fused-ring (bicyclic) bond motifs is 1. The van der Waals surface area contributed by atoms with E-state index in [4.69, 9.17) is 24.0 Å². The maximum atomic E-state index is 14.0. The summed E-state index contributed by atoms with van der Waals surface area (Å²) in [5.41, 5.74) is 5.36. The molecule has 2 aromatic heterocycles. The van der Waals surface area contributed by atoms with Gasteiger partial charge < -0.3 is 18.8 Å². The normalized spacial score (nSPS) is 12.5. The van der Waals surface area contributed by atoms with Crippen molar-refractivity contribution in [2.24, 2.45) is 0 Å². The predicted molar refractivity (Wildman–Crippen MR) is 197 cm³/mol. The Morgan fingerprint density at radius 3 is 2.44 bits per heavy atom. The molecule has 260 valence electrons. The first kappa shape index (κ1) is 37.4. The van der Waals surface area contributed by atoms with E-state index in [1.165, 1.54) is 12.1 Å². The van der Waals surface area contributed by atoms with E-state index in [0.717, 1.165) is 39.5 Å². The van der Waals surface area contributed by atoms with Crippen molar-refractivity contribution in [2.45, 2.75) is 98.3 Å². The van der Waals surface area contributed by atoms with Crippen molar-refractivity contribution in [3.05, 3.63) is 77.0 Å². The number of nitrogens with zero attached hydrogens (tertiary/aromatic N) is 4. The standard InChI is InChI=1S/C37H53FN4O4Si2/c1-12-45-34-21-28(16-17-30(34)27-14-13-15-29(38)20-27)36(43)41(6)23-32-26(2)40-33(24-46-48(10,11)37(3,4)5)31-22-39-42(35(31)32)25-44-18-19-47(7,8)9/h13-17,20-22H,12,18-19,23-25H2,1-11H3. The highest BCUT2D eigenvalue weighted by Crippen LogP contribution is 2.38. The van der Waals surface area contributed by atoms with Crippen LogP contribution in [0.4, 0.5) is 4.39 Å². The molecule has 0 bridgehead atoms. The topological polar surface area (TPSA) is 78.7 Å². The van der Waals surface area contributed by atoms with Gasteiger partial charge in [0.2, 0.25) is 0 Å². The van der Waals surface area contributed by atoms with Crippen LogP contribution in [-0.2, 0) is 29.0 Å². The van der Waals surface area contributed by atoms with Gasteiger partial charge in [-0.15, -0.1) is 0 Å². The molecule has 11 heteroatoms. The van der Waals surface area contributed by atoms with Crippen molar-refractivity contribution in [2.75, 3.05) is 20.3 Å². The van der Waals surface area contributed by atoms with Gasteiger partial charge in [-0.2, -0.15) is 5.10 Å². The van der Waals surface area contributed by atoms with Crippen molar-refractivity contribution in [1.29, 1.82) is 0 Å². The number of aromatic nitrogens is 3. The van der Waals surface area contributed by atoms with E-state index in [-0.39, 0.29) is 16.8 Å². The molecule has 48 heavy (non-hydrogen) atoms. The second-order valence-corrected chi connectivity index (χ2v) is 25.7. The number of benzene rings is 2. The lowest BCUT2D eigenvalue weighted by Gasteiger charge is -2.36. The van der Waals surface area contributed by atoms with E-state index < -0.39 is 16.4 Å². The van der Waals surface area contributed by atoms with Crippen LogP contribution in [0.2, 0.25) is 43.8 Å². The molecule has 1 amide bonds. The van der Waals surface area contributed by atoms with Crippen molar-refractivity contribution in [1.82, 2.24) is 19.7 Å². The summed E-state index contributed by atoms with van der Waals surface area (Å²) < 4.78 is 34.6. The number of halogens is 1. The SMILES string of the molecule is CCOc1cc(C(=O)N(C)Cc2c(C)nc(CO[Si](C)(C)C(C)(C)C)c3cnn(COCC[Si](C)(C)C)c23)ccc1-c1cccc(F)c1. The minimum atomic E-state index is -2.03. The highest BCUT2D eigenvalue weighted by Gasteiger charge is 2.37. The molecule has 0 aliphatic carbocycles. The fourth-order valence-electron chi connectivity index (χ4n) is 5.16. The number of pyridine rings is 1. The van der Waals surface area contributed by atoms with Crippen LogP contribution < -0.4 is 4.74 Å². The van der Waals surface area contributed by atoms with E-state index in [1.54, 1.807) is 30.1 Å². The summed E-state index contributed by atoms with van der Waals surface area (Å²) >= 11 is 0. The molecule has 2 aromatic carbocycles. The van der Waals surface area contributed by atoms with E-state index >= 15 is 0 Å². The van der Waals surface area contributed by atoms with Gasteiger partial charge in [0.1, 0.15) is 18.3 Å². The van der Waals surface area contributed by atoms with E-state index in [0.29, 0.717) is 50.0 Å². The molecule has 0 saturated heterocycles. The lowest BCUT2D eigenvalue weighted by molar-refractivity contribution is 0.0780. The van der Waals surface area contributed by atoms with E-state index in [2.05, 4.69) is 53.5 Å². The Balaban J connectivity index is 1.67. The zero-order valence-corrected chi connectivity index (χ0v) is 32.7. The summed E-state index contributed by atoms with van der Waals surface area (Å²) in [4.78, 5) is 20.6. The minimum absolute atomic E-state index is 0.0656. The molecular formula is C37H53FN4O4Si2. The average molecular weight is 693 g/mol. The van der Waals surface area contributed by atoms with Crippen LogP contribution in [0.1, 0.15) is 55.0 Å². The number of carbonyl (C=O) groups excluding carboxylic acids is 1. The third-order valence-electron chi connectivity index (χ3n) is 9.17. The second kappa shape index (κ2) is 15.0. The predicted octanol–water partition coefficient (Wildman–Crippen LogP) is 9.05. The smallest absolute Gasteiger partial charge is 0.254 e. The fourth-order valence-corrected chi connectivity index (χ4v) is 6.85. The molecule has 4 aromatic rings. The summed E-state index contributed by atoms with van der Waals surface area (Å²) in [6.45, 7) is 24.1. The van der Waals surface area contributed by atoms with Crippen molar-refractivity contribution >= 4 is 33.2 Å². The Hall–Kier alpha value is -3.39. The van der Waals surface area contributed by atoms with Crippen molar-refractivity contribution in [3.8, 4) is 16.9 Å². The average Bonchev–Trinajstić information content (AvgIpc) is 3.42. The minimum Gasteiger partial charge on any atom is -0.493 e. The Morgan fingerprint density at radius 1 is 1.06 bits per heavy atom. The molecule has 0 radical (unpaired) electrons. The molecule has 8 nitrogen and oxygen atoms in total. The number of amides is 1. The molecule has 0 atom stereocenters. The highest BCUT2D eigenvalue weighted by atomic mass is 28.4. The molecule has 0 aliphatic heterocycles. The van der Waals surface area contributed by atoms with Crippen molar-refractivity contribution in [3.63, 3.8) is 0 Å². The summed E-state index contributed by atoms with van der Waals surface area (Å²) in [6.07, 6.45) is 1.85. The Morgan fingerprint density at radius 2 is 1.79 bits per heavy atom. The Kier molecular flexibility index (Phi) is 11.7. The number of carbonyl (C=O) groups is 1. The van der Waals surface area contributed by atoms with Gasteiger partial charge in [-0.25, -0.2) is 9.07 Å². The quantitative estimate of drug-likeness (QED) is 0.0970. The third-order valence-corrected chi connectivity index (χ3v) is 15.4. The summed E-state index contributed by atoms with van der Waals surface area (Å²) in [6, 6.07) is 12.7. The van der Waals surface area contributed by atoms with Gasteiger partial charge >= 0.3 is 0 Å². The van der Waals surface area contributed by atoms with Crippen LogP contribution in [-0.4, -0.2) is 62.2 Å². The van der Waals surface area contributed by atoms with Gasteiger partial charge in [0.15, 0.2) is 8.32 Å². The molecule has 0 saturated carbocycles. The highest BCUT2D eigenvalue weighted by molar-refractivity contribution is 6.76. The van der Waals surface area contributed by atoms with Crippen LogP contribution in [0, 0.1) is 12.7 Å². The van der Waals surface area contributed by atoms with Crippen LogP contribution in [0.5, 0.6) is 5.75 Å². The first-order chi connectivity index (χ1) is 22.4. The van der Waals surface area contributed by atoms with Crippen LogP contribution in [0.15, 0.2) is 48.7 Å². The summed E-state index contributed by atoms with van der Waals surface area (Å²) in [5, 5.41) is 5.71. The first-order valence-electron chi connectivity index (χ1n) is 16.8. The lowest BCUT2D eigenvalue weighted by Crippen LogP contribution is -2.40. The van der Waals surface area contributed by atoms with Gasteiger partial charge in [0, 0.05) is 56.0 Å². The van der Waals surface area contributed by atoms with Gasteiger partial charge in [-0.05, 0) is 73.9 Å². The van der Waals surface area contributed by atoms with Gasteiger partial charge in [-0.3, -0.25) is 9.78 Å². The van der Waals surface area contributed by atoms with Gasteiger partial charge in [0.05, 0.1) is 30.6 Å². The number of hydrogen-bond acceptors (Lipinski definition) is 6. The largest absolute Gasteiger partial charge is 0.493 e. The lowest BCUT2D eigenvalue weighted by atomic mass is 10.0. The van der Waals surface area contributed by atoms with E-state index in [1.807, 2.05) is 36.9 Å². The molecule has 0 unspecified atom stereocenters. The Labute approximate surface area is 287 Å². The second-order valence-electron chi connectivity index (χ2n) is 15.2. The number of aryl methyl sites for hydroxylation is 1. The zero-order chi connectivity index (χ0) is 35.4. The third kappa shape index (κ3) is 8.99. The maximum absolute atomic E-state index is 14.0. The molecular weight excluding hydrogens is 640 g/mol. The number of rotatable bonds is 14. The molecule has 0 N–H and O–H groups in total. The monoisotopic (exact) mass is 692 g/mol. The molecule has 0 spiro atoms. The van der Waals surface area contributed by atoms with Crippen LogP contribution in [0.3, 0.4) is 0 Å². The fraction of sp³-hybridized carbons (Fsp3) is 0.486. The van der Waals surface area contributed by atoms with Crippen LogP contribution >= 0.6 is 0 Å². The van der Waals surface area contributed by atoms with Crippen LogP contribution in [0.25, 0.3) is 22.0 Å². The van der Waals surface area contributed by atoms with E-state index in [9.17, 15) is 9.18 Å². The summed E-state index contributed by atoms with van der Waals surface area (Å²) in [5.74, 6) is 0.0303. The summed E-state index contributed by atoms with van der Waals surface area (Å²) in [7, 11) is -1.50. The Bertz CT molecular complexity index is 1740. The number of ether oxygens (including phenoxy) is 2. The molecule has 0 aliphatic rings. The van der Waals surface area contributed by atoms with Gasteiger partial charge in [0.25, 0.3) is 5.91 Å². The van der Waals surface area contributed by atoms with Gasteiger partial charge in [-0.1, -0.05) is 52.5 Å². The van der Waals surface area contributed by atoms with Crippen molar-refractivity contribution < 1.29 is 23.1 Å². The maximum Gasteiger partial charge on any atom is 0.254 e. The zero-order valence-electron chi connectivity index (χ0n) is 30.7. The number of hydrogen-bond donors (Lipinski definition) is 0.